The van der Waals surface area contributed by atoms with E-state index in [0.29, 0.717) is 17.1 Å². The molecule has 0 saturated carbocycles. The highest BCUT2D eigenvalue weighted by Gasteiger charge is 2.05. The summed E-state index contributed by atoms with van der Waals surface area (Å²) in [6, 6.07) is 9.38. The van der Waals surface area contributed by atoms with Crippen molar-refractivity contribution in [2.75, 3.05) is 5.73 Å². The quantitative estimate of drug-likeness (QED) is 0.835. The van der Waals surface area contributed by atoms with Gasteiger partial charge in [-0.25, -0.2) is 9.97 Å². The minimum absolute atomic E-state index is 0.453. The van der Waals surface area contributed by atoms with Gasteiger partial charge in [0.05, 0.1) is 5.69 Å². The Morgan fingerprint density at radius 1 is 1.24 bits per heavy atom. The molecule has 0 radical (unpaired) electrons. The third-order valence-electron chi connectivity index (χ3n) is 2.16. The van der Waals surface area contributed by atoms with Crippen LogP contribution in [0.5, 0.6) is 0 Å². The van der Waals surface area contributed by atoms with Crippen LogP contribution in [0.25, 0.3) is 0 Å². The summed E-state index contributed by atoms with van der Waals surface area (Å²) in [6.45, 7) is 0. The Kier molecular flexibility index (Phi) is 3.58. The molecule has 17 heavy (non-hydrogen) atoms. The van der Waals surface area contributed by atoms with Gasteiger partial charge in [-0.2, -0.15) is 5.26 Å². The Morgan fingerprint density at radius 2 is 2.00 bits per heavy atom. The number of nitrogens with zero attached hydrogens (tertiary/aromatic N) is 3. The van der Waals surface area contributed by atoms with Crippen LogP contribution in [-0.4, -0.2) is 9.97 Å². The van der Waals surface area contributed by atoms with Crippen LogP contribution in [0.2, 0.25) is 0 Å². The summed E-state index contributed by atoms with van der Waals surface area (Å²) in [5.74, 6) is 0.637. The van der Waals surface area contributed by atoms with E-state index in [1.807, 2.05) is 18.2 Å². The number of thioether (sulfide) groups is 1. The minimum Gasteiger partial charge on any atom is -0.397 e. The van der Waals surface area contributed by atoms with Gasteiger partial charge in [-0.15, -0.1) is 0 Å². The van der Waals surface area contributed by atoms with Crippen molar-refractivity contribution in [3.8, 4) is 6.07 Å². The topological polar surface area (TPSA) is 75.6 Å². The van der Waals surface area contributed by atoms with Gasteiger partial charge in [0.1, 0.15) is 16.8 Å². The van der Waals surface area contributed by atoms with Crippen LogP contribution < -0.4 is 5.73 Å². The van der Waals surface area contributed by atoms with Gasteiger partial charge < -0.3 is 5.73 Å². The van der Waals surface area contributed by atoms with Gasteiger partial charge in [-0.1, -0.05) is 17.8 Å². The Labute approximate surface area is 104 Å². The normalized spacial score (nSPS) is 9.82. The number of pyridine rings is 2. The lowest BCUT2D eigenvalue weighted by molar-refractivity contribution is 1.13. The van der Waals surface area contributed by atoms with E-state index in [1.165, 1.54) is 11.8 Å². The molecule has 0 unspecified atom stereocenters. The summed E-state index contributed by atoms with van der Waals surface area (Å²) in [7, 11) is 0. The molecule has 5 heteroatoms. The summed E-state index contributed by atoms with van der Waals surface area (Å²) in [6.07, 6.45) is 3.31. The van der Waals surface area contributed by atoms with Gasteiger partial charge >= 0.3 is 0 Å². The van der Waals surface area contributed by atoms with Crippen LogP contribution in [0, 0.1) is 11.3 Å². The van der Waals surface area contributed by atoms with Gasteiger partial charge in [-0.3, -0.25) is 0 Å². The molecule has 2 heterocycles. The lowest BCUT2D eigenvalue weighted by Crippen LogP contribution is -1.94. The van der Waals surface area contributed by atoms with Crippen molar-refractivity contribution in [1.29, 1.82) is 5.26 Å². The molecule has 0 atom stereocenters. The fraction of sp³-hybridized carbons (Fsp3) is 0.0833. The third kappa shape index (κ3) is 2.74. The number of hydrogen-bond acceptors (Lipinski definition) is 5. The molecule has 0 aliphatic rings. The minimum atomic E-state index is 0.453. The first-order chi connectivity index (χ1) is 8.31. The number of nitrogen functional groups attached to an aromatic ring is 1. The lowest BCUT2D eigenvalue weighted by atomic mass is 10.2. The van der Waals surface area contributed by atoms with Crippen molar-refractivity contribution in [2.24, 2.45) is 0 Å². The Morgan fingerprint density at radius 3 is 2.76 bits per heavy atom. The molecule has 2 N–H and O–H groups in total. The predicted molar refractivity (Wildman–Crippen MR) is 67.2 cm³/mol. The highest BCUT2D eigenvalue weighted by Crippen LogP contribution is 2.25. The van der Waals surface area contributed by atoms with E-state index in [1.54, 1.807) is 18.5 Å². The van der Waals surface area contributed by atoms with Gasteiger partial charge in [0.25, 0.3) is 0 Å². The fourth-order valence-corrected chi connectivity index (χ4v) is 2.22. The van der Waals surface area contributed by atoms with E-state index in [0.717, 1.165) is 10.6 Å². The van der Waals surface area contributed by atoms with Crippen LogP contribution in [0.4, 0.5) is 5.69 Å². The van der Waals surface area contributed by atoms with Crippen molar-refractivity contribution in [3.05, 3.63) is 47.9 Å². The average Bonchev–Trinajstić information content (AvgIpc) is 2.38. The maximum atomic E-state index is 8.91. The number of rotatable bonds is 3. The van der Waals surface area contributed by atoms with Crippen LogP contribution in [0.15, 0.2) is 41.7 Å². The zero-order valence-electron chi connectivity index (χ0n) is 9.00. The smallest absolute Gasteiger partial charge is 0.144 e. The molecule has 0 aromatic carbocycles. The molecule has 2 rings (SSSR count). The molecule has 0 spiro atoms. The SMILES string of the molecule is N#Cc1ncccc1CSc1ncccc1N. The predicted octanol–water partition coefficient (Wildman–Crippen LogP) is 2.22. The highest BCUT2D eigenvalue weighted by molar-refractivity contribution is 7.98. The maximum absolute atomic E-state index is 8.91. The molecule has 0 bridgehead atoms. The Balaban J connectivity index is 2.13. The average molecular weight is 242 g/mol. The summed E-state index contributed by atoms with van der Waals surface area (Å²) < 4.78 is 0. The number of anilines is 1. The van der Waals surface area contributed by atoms with E-state index < -0.39 is 0 Å². The van der Waals surface area contributed by atoms with E-state index in [4.69, 9.17) is 11.0 Å². The van der Waals surface area contributed by atoms with E-state index in [2.05, 4.69) is 16.0 Å². The number of hydrogen-bond donors (Lipinski definition) is 1. The summed E-state index contributed by atoms with van der Waals surface area (Å²) in [5, 5.41) is 9.69. The van der Waals surface area contributed by atoms with E-state index in [-0.39, 0.29) is 0 Å². The molecule has 2 aromatic heterocycles. The number of aromatic nitrogens is 2. The second-order valence-electron chi connectivity index (χ2n) is 3.31. The molecular formula is C12H10N4S. The second-order valence-corrected chi connectivity index (χ2v) is 4.27. The molecule has 0 saturated heterocycles. The molecule has 0 amide bonds. The van der Waals surface area contributed by atoms with Crippen molar-refractivity contribution in [2.45, 2.75) is 10.8 Å². The van der Waals surface area contributed by atoms with Gasteiger partial charge in [-0.05, 0) is 23.8 Å². The van der Waals surface area contributed by atoms with Crippen LogP contribution in [0.3, 0.4) is 0 Å². The molecule has 4 nitrogen and oxygen atoms in total. The highest BCUT2D eigenvalue weighted by atomic mass is 32.2. The number of nitriles is 1. The number of nitrogens with two attached hydrogens (primary N) is 1. The molecule has 0 aliphatic heterocycles. The van der Waals surface area contributed by atoms with Crippen LogP contribution >= 0.6 is 11.8 Å². The third-order valence-corrected chi connectivity index (χ3v) is 3.23. The summed E-state index contributed by atoms with van der Waals surface area (Å²) in [5.41, 5.74) is 7.79. The summed E-state index contributed by atoms with van der Waals surface area (Å²) >= 11 is 1.50. The van der Waals surface area contributed by atoms with Crippen molar-refractivity contribution in [3.63, 3.8) is 0 Å². The van der Waals surface area contributed by atoms with Crippen LogP contribution in [-0.2, 0) is 5.75 Å². The van der Waals surface area contributed by atoms with E-state index >= 15 is 0 Å². The van der Waals surface area contributed by atoms with Crippen molar-refractivity contribution < 1.29 is 0 Å². The zero-order valence-corrected chi connectivity index (χ0v) is 9.81. The Hall–Kier alpha value is -2.06. The zero-order chi connectivity index (χ0) is 12.1. The molecule has 0 fully saturated rings. The largest absolute Gasteiger partial charge is 0.397 e. The first-order valence-electron chi connectivity index (χ1n) is 4.98. The summed E-state index contributed by atoms with van der Waals surface area (Å²) in [4.78, 5) is 8.19. The lowest BCUT2D eigenvalue weighted by Gasteiger charge is -2.04. The maximum Gasteiger partial charge on any atom is 0.144 e. The standard InChI is InChI=1S/C12H10N4S/c13-7-11-9(3-1-5-15-11)8-17-12-10(14)4-2-6-16-12/h1-6H,8,14H2. The van der Waals surface area contributed by atoms with Gasteiger partial charge in [0, 0.05) is 18.1 Å². The Bertz CT molecular complexity index is 562. The van der Waals surface area contributed by atoms with Gasteiger partial charge in [0.15, 0.2) is 0 Å². The monoisotopic (exact) mass is 242 g/mol. The molecular weight excluding hydrogens is 232 g/mol. The first kappa shape index (κ1) is 11.4. The van der Waals surface area contributed by atoms with E-state index in [9.17, 15) is 0 Å². The van der Waals surface area contributed by atoms with Crippen molar-refractivity contribution >= 4 is 17.4 Å². The molecule has 0 aliphatic carbocycles. The van der Waals surface area contributed by atoms with Crippen molar-refractivity contribution in [1.82, 2.24) is 9.97 Å². The fourth-order valence-electron chi connectivity index (χ4n) is 1.33. The molecule has 2 aromatic rings. The second kappa shape index (κ2) is 5.32. The first-order valence-corrected chi connectivity index (χ1v) is 5.97. The van der Waals surface area contributed by atoms with Gasteiger partial charge in [0.2, 0.25) is 0 Å². The molecule has 84 valence electrons. The van der Waals surface area contributed by atoms with Crippen LogP contribution in [0.1, 0.15) is 11.3 Å².